The smallest absolute Gasteiger partial charge is 0.282 e. The van der Waals surface area contributed by atoms with Crippen LogP contribution < -0.4 is 5.32 Å². The number of likely N-dealkylation sites (tertiary alicyclic amines) is 1. The van der Waals surface area contributed by atoms with E-state index in [0.717, 1.165) is 13.0 Å². The number of amides is 1. The maximum absolute atomic E-state index is 12.4. The maximum Gasteiger partial charge on any atom is 0.282 e. The molecule has 0 bridgehead atoms. The molecule has 1 amide bonds. The topological polar surface area (TPSA) is 75.5 Å². The maximum atomic E-state index is 12.4. The summed E-state index contributed by atoms with van der Waals surface area (Å²) in [6.07, 6.45) is 0.904. The zero-order valence-corrected chi connectivity index (χ0v) is 13.1. The van der Waals surface area contributed by atoms with Crippen LogP contribution in [0.2, 0.25) is 5.02 Å². The third kappa shape index (κ3) is 4.06. The van der Waals surface area contributed by atoms with E-state index in [4.69, 9.17) is 11.6 Å². The van der Waals surface area contributed by atoms with Crippen LogP contribution in [0, 0.1) is 16.0 Å². The molecule has 0 aliphatic carbocycles. The number of carbonyl (C=O) groups is 1. The zero-order chi connectivity index (χ0) is 14.7. The average molecular weight is 334 g/mol. The Balaban J connectivity index is 0.00000220. The monoisotopic (exact) mass is 333 g/mol. The lowest BCUT2D eigenvalue weighted by Crippen LogP contribution is -2.30. The van der Waals surface area contributed by atoms with Crippen LogP contribution >= 0.6 is 24.0 Å². The van der Waals surface area contributed by atoms with Gasteiger partial charge in [-0.15, -0.1) is 12.4 Å². The molecule has 2 rings (SSSR count). The predicted octanol–water partition coefficient (Wildman–Crippen LogP) is 2.35. The molecule has 1 saturated heterocycles. The van der Waals surface area contributed by atoms with E-state index in [1.807, 2.05) is 7.05 Å². The first-order chi connectivity index (χ1) is 9.52. The van der Waals surface area contributed by atoms with E-state index in [1.54, 1.807) is 4.90 Å². The molecule has 1 aromatic carbocycles. The minimum absolute atomic E-state index is 0. The lowest BCUT2D eigenvalue weighted by Gasteiger charge is -2.16. The third-order valence-electron chi connectivity index (χ3n) is 3.45. The summed E-state index contributed by atoms with van der Waals surface area (Å²) in [7, 11) is 1.87. The van der Waals surface area contributed by atoms with Crippen LogP contribution in [-0.4, -0.2) is 42.4 Å². The summed E-state index contributed by atoms with van der Waals surface area (Å²) in [5, 5.41) is 14.4. The Kier molecular flexibility index (Phi) is 6.39. The number of nitro groups is 1. The van der Waals surface area contributed by atoms with Crippen LogP contribution in [0.25, 0.3) is 0 Å². The number of nitrogens with one attached hydrogen (secondary N) is 1. The molecular weight excluding hydrogens is 317 g/mol. The van der Waals surface area contributed by atoms with Gasteiger partial charge >= 0.3 is 0 Å². The molecule has 1 aromatic rings. The van der Waals surface area contributed by atoms with Crippen molar-refractivity contribution in [3.05, 3.63) is 38.9 Å². The highest BCUT2D eigenvalue weighted by Crippen LogP contribution is 2.26. The number of halogens is 2. The second-order valence-corrected chi connectivity index (χ2v) is 5.32. The van der Waals surface area contributed by atoms with Crippen LogP contribution in [-0.2, 0) is 0 Å². The standard InChI is InChI=1S/C13H16ClN3O3.ClH/c1-15-7-9-4-5-16(8-9)13(18)11-6-10(14)2-3-12(11)17(19)20;/h2-3,6,9,15H,4-5,7-8H2,1H3;1H. The van der Waals surface area contributed by atoms with E-state index in [2.05, 4.69) is 5.32 Å². The van der Waals surface area contributed by atoms with Crippen LogP contribution in [0.3, 0.4) is 0 Å². The SMILES string of the molecule is CNCC1CCN(C(=O)c2cc(Cl)ccc2[N+](=O)[O-])C1.Cl. The molecule has 1 unspecified atom stereocenters. The fourth-order valence-corrected chi connectivity index (χ4v) is 2.65. The summed E-state index contributed by atoms with van der Waals surface area (Å²) in [5.41, 5.74) is -0.135. The van der Waals surface area contributed by atoms with E-state index in [9.17, 15) is 14.9 Å². The number of benzene rings is 1. The minimum Gasteiger partial charge on any atom is -0.338 e. The fourth-order valence-electron chi connectivity index (χ4n) is 2.48. The largest absolute Gasteiger partial charge is 0.338 e. The normalized spacial score (nSPS) is 17.4. The van der Waals surface area contributed by atoms with Crippen LogP contribution in [0.5, 0.6) is 0 Å². The zero-order valence-electron chi connectivity index (χ0n) is 11.5. The first kappa shape index (κ1) is 17.7. The van der Waals surface area contributed by atoms with Crippen molar-refractivity contribution < 1.29 is 9.72 Å². The van der Waals surface area contributed by atoms with Gasteiger partial charge in [-0.25, -0.2) is 0 Å². The van der Waals surface area contributed by atoms with Gasteiger partial charge in [-0.1, -0.05) is 11.6 Å². The van der Waals surface area contributed by atoms with Gasteiger partial charge in [0.1, 0.15) is 5.56 Å². The molecule has 1 aliphatic rings. The van der Waals surface area contributed by atoms with Crippen LogP contribution in [0.1, 0.15) is 16.8 Å². The van der Waals surface area contributed by atoms with E-state index >= 15 is 0 Å². The van der Waals surface area contributed by atoms with E-state index in [-0.39, 0.29) is 29.6 Å². The number of hydrogen-bond acceptors (Lipinski definition) is 4. The molecule has 1 heterocycles. The second kappa shape index (κ2) is 7.59. The molecule has 6 nitrogen and oxygen atoms in total. The molecule has 0 spiro atoms. The van der Waals surface area contributed by atoms with Crippen molar-refractivity contribution in [3.63, 3.8) is 0 Å². The quantitative estimate of drug-likeness (QED) is 0.677. The lowest BCUT2D eigenvalue weighted by molar-refractivity contribution is -0.385. The summed E-state index contributed by atoms with van der Waals surface area (Å²) < 4.78 is 0. The van der Waals surface area contributed by atoms with Gasteiger partial charge in [-0.2, -0.15) is 0 Å². The number of carbonyl (C=O) groups excluding carboxylic acids is 1. The van der Waals surface area contributed by atoms with Gasteiger partial charge in [0, 0.05) is 24.2 Å². The van der Waals surface area contributed by atoms with Crippen molar-refractivity contribution in [2.24, 2.45) is 5.92 Å². The Morgan fingerprint density at radius 3 is 2.90 bits per heavy atom. The minimum atomic E-state index is -0.551. The lowest BCUT2D eigenvalue weighted by atomic mass is 10.1. The summed E-state index contributed by atoms with van der Waals surface area (Å²) >= 11 is 5.85. The van der Waals surface area contributed by atoms with E-state index in [0.29, 0.717) is 24.0 Å². The third-order valence-corrected chi connectivity index (χ3v) is 3.69. The van der Waals surface area contributed by atoms with Gasteiger partial charge in [0.2, 0.25) is 0 Å². The van der Waals surface area contributed by atoms with Crippen molar-refractivity contribution >= 4 is 35.6 Å². The molecule has 0 aromatic heterocycles. The molecule has 0 saturated carbocycles. The average Bonchev–Trinajstić information content (AvgIpc) is 2.86. The summed E-state index contributed by atoms with van der Waals surface area (Å²) in [6.45, 7) is 2.07. The molecule has 1 fully saturated rings. The molecule has 1 N–H and O–H groups in total. The second-order valence-electron chi connectivity index (χ2n) is 4.88. The van der Waals surface area contributed by atoms with Gasteiger partial charge in [0.15, 0.2) is 0 Å². The van der Waals surface area contributed by atoms with Crippen molar-refractivity contribution in [1.82, 2.24) is 10.2 Å². The first-order valence-corrected chi connectivity index (χ1v) is 6.78. The highest BCUT2D eigenvalue weighted by atomic mass is 35.5. The fraction of sp³-hybridized carbons (Fsp3) is 0.462. The number of nitrogens with zero attached hydrogens (tertiary/aromatic N) is 2. The summed E-state index contributed by atoms with van der Waals surface area (Å²) in [6, 6.07) is 4.06. The summed E-state index contributed by atoms with van der Waals surface area (Å²) in [5.74, 6) is 0.0694. The van der Waals surface area contributed by atoms with Crippen LogP contribution in [0.4, 0.5) is 5.69 Å². The Morgan fingerprint density at radius 2 is 2.29 bits per heavy atom. The van der Waals surface area contributed by atoms with Crippen molar-refractivity contribution in [3.8, 4) is 0 Å². The Hall–Kier alpha value is -1.37. The van der Waals surface area contributed by atoms with Gasteiger partial charge in [0.25, 0.3) is 11.6 Å². The van der Waals surface area contributed by atoms with Gasteiger partial charge in [0.05, 0.1) is 4.92 Å². The van der Waals surface area contributed by atoms with Gasteiger partial charge in [-0.3, -0.25) is 14.9 Å². The Morgan fingerprint density at radius 1 is 1.57 bits per heavy atom. The molecule has 21 heavy (non-hydrogen) atoms. The molecule has 1 atom stereocenters. The van der Waals surface area contributed by atoms with Gasteiger partial charge < -0.3 is 10.2 Å². The predicted molar refractivity (Wildman–Crippen MR) is 83.3 cm³/mol. The van der Waals surface area contributed by atoms with Crippen molar-refractivity contribution in [2.75, 3.05) is 26.7 Å². The molecule has 0 radical (unpaired) electrons. The van der Waals surface area contributed by atoms with E-state index in [1.165, 1.54) is 18.2 Å². The van der Waals surface area contributed by atoms with Crippen molar-refractivity contribution in [2.45, 2.75) is 6.42 Å². The highest BCUT2D eigenvalue weighted by Gasteiger charge is 2.30. The number of rotatable bonds is 4. The summed E-state index contributed by atoms with van der Waals surface area (Å²) in [4.78, 5) is 24.5. The van der Waals surface area contributed by atoms with Crippen molar-refractivity contribution in [1.29, 1.82) is 0 Å². The number of hydrogen-bond donors (Lipinski definition) is 1. The van der Waals surface area contributed by atoms with Crippen LogP contribution in [0.15, 0.2) is 18.2 Å². The highest BCUT2D eigenvalue weighted by molar-refractivity contribution is 6.31. The molecule has 8 heteroatoms. The Bertz CT molecular complexity index is 539. The molecule has 116 valence electrons. The van der Waals surface area contributed by atoms with Gasteiger partial charge in [-0.05, 0) is 38.1 Å². The molecular formula is C13H17Cl2N3O3. The molecule has 1 aliphatic heterocycles. The first-order valence-electron chi connectivity index (χ1n) is 6.40. The number of nitro benzene ring substituents is 1. The van der Waals surface area contributed by atoms with E-state index < -0.39 is 4.92 Å². The Labute approximate surface area is 134 Å².